The molecule has 1 aliphatic carbocycles. The lowest BCUT2D eigenvalue weighted by molar-refractivity contribution is -0.192. The summed E-state index contributed by atoms with van der Waals surface area (Å²) in [5.74, 6) is -2.21. The molecule has 0 amide bonds. The fraction of sp³-hybridized carbons (Fsp3) is 0.706. The van der Waals surface area contributed by atoms with Gasteiger partial charge in [-0.3, -0.25) is 4.90 Å². The third kappa shape index (κ3) is 5.46. The van der Waals surface area contributed by atoms with E-state index in [0.29, 0.717) is 5.92 Å². The lowest BCUT2D eigenvalue weighted by Gasteiger charge is -2.44. The van der Waals surface area contributed by atoms with Crippen LogP contribution in [0.5, 0.6) is 0 Å². The second kappa shape index (κ2) is 8.88. The first-order chi connectivity index (χ1) is 12.3. The standard InChI is InChI=1S/C15H23NO3.C2HF3O2/c1-17-11-14-3-2-5-15(14)12-16(6-8-19-15)9-13-4-7-18-10-13;3-2(4,5)1(6)7/h4,7,10,14H,2-3,5-6,8-9,11-12H2,1H3;(H,6,7)/t14-,15+;/m0./s1. The highest BCUT2D eigenvalue weighted by Gasteiger charge is 2.46. The van der Waals surface area contributed by atoms with Gasteiger partial charge < -0.3 is 19.0 Å². The molecule has 0 bridgehead atoms. The molecule has 1 saturated heterocycles. The van der Waals surface area contributed by atoms with Crippen molar-refractivity contribution >= 4 is 5.97 Å². The largest absolute Gasteiger partial charge is 0.490 e. The summed E-state index contributed by atoms with van der Waals surface area (Å²) >= 11 is 0. The Kier molecular flexibility index (Phi) is 7.08. The maximum atomic E-state index is 10.6. The Morgan fingerprint density at radius 3 is 2.81 bits per heavy atom. The van der Waals surface area contributed by atoms with E-state index in [2.05, 4.69) is 4.90 Å². The van der Waals surface area contributed by atoms with Gasteiger partial charge in [0.2, 0.25) is 0 Å². The molecular formula is C17H24F3NO5. The van der Waals surface area contributed by atoms with Gasteiger partial charge in [-0.2, -0.15) is 13.2 Å². The van der Waals surface area contributed by atoms with Crippen LogP contribution in [-0.4, -0.2) is 61.2 Å². The zero-order valence-electron chi connectivity index (χ0n) is 14.6. The van der Waals surface area contributed by atoms with E-state index in [4.69, 9.17) is 23.8 Å². The van der Waals surface area contributed by atoms with Crippen LogP contribution in [0.3, 0.4) is 0 Å². The number of methoxy groups -OCH3 is 1. The summed E-state index contributed by atoms with van der Waals surface area (Å²) < 4.78 is 48.5. The van der Waals surface area contributed by atoms with Crippen LogP contribution in [0.15, 0.2) is 23.0 Å². The maximum Gasteiger partial charge on any atom is 0.490 e. The summed E-state index contributed by atoms with van der Waals surface area (Å²) in [6.45, 7) is 4.64. The van der Waals surface area contributed by atoms with Crippen molar-refractivity contribution in [3.8, 4) is 0 Å². The third-order valence-electron chi connectivity index (χ3n) is 4.78. The van der Waals surface area contributed by atoms with Crippen molar-refractivity contribution in [2.45, 2.75) is 37.6 Å². The predicted octanol–water partition coefficient (Wildman–Crippen LogP) is 2.93. The molecule has 0 unspecified atom stereocenters. The molecular weight excluding hydrogens is 355 g/mol. The Morgan fingerprint density at radius 1 is 1.50 bits per heavy atom. The van der Waals surface area contributed by atoms with Crippen LogP contribution < -0.4 is 0 Å². The molecule has 3 rings (SSSR count). The van der Waals surface area contributed by atoms with E-state index in [1.54, 1.807) is 13.4 Å². The van der Waals surface area contributed by atoms with Gasteiger partial charge in [0, 0.05) is 38.2 Å². The molecule has 2 fully saturated rings. The first-order valence-corrected chi connectivity index (χ1v) is 8.43. The highest BCUT2D eigenvalue weighted by molar-refractivity contribution is 5.73. The molecule has 2 aliphatic rings. The van der Waals surface area contributed by atoms with Gasteiger partial charge in [-0.25, -0.2) is 4.79 Å². The van der Waals surface area contributed by atoms with Crippen molar-refractivity contribution in [3.05, 3.63) is 24.2 Å². The van der Waals surface area contributed by atoms with Gasteiger partial charge in [0.25, 0.3) is 0 Å². The molecule has 148 valence electrons. The molecule has 1 spiro atoms. The molecule has 1 aliphatic heterocycles. The van der Waals surface area contributed by atoms with E-state index >= 15 is 0 Å². The van der Waals surface area contributed by atoms with E-state index in [1.165, 1.54) is 24.8 Å². The zero-order valence-corrected chi connectivity index (χ0v) is 14.6. The van der Waals surface area contributed by atoms with Crippen molar-refractivity contribution in [1.29, 1.82) is 0 Å². The molecule has 26 heavy (non-hydrogen) atoms. The number of morpholine rings is 1. The van der Waals surface area contributed by atoms with Crippen LogP contribution in [-0.2, 0) is 20.8 Å². The molecule has 1 N–H and O–H groups in total. The molecule has 9 heteroatoms. The average molecular weight is 379 g/mol. The summed E-state index contributed by atoms with van der Waals surface area (Å²) in [5.41, 5.74) is 1.27. The number of hydrogen-bond acceptors (Lipinski definition) is 5. The van der Waals surface area contributed by atoms with Gasteiger partial charge >= 0.3 is 12.1 Å². The molecule has 1 aromatic rings. The van der Waals surface area contributed by atoms with Crippen molar-refractivity contribution in [2.24, 2.45) is 5.92 Å². The Balaban J connectivity index is 0.000000298. The van der Waals surface area contributed by atoms with Gasteiger partial charge in [0.05, 0.1) is 31.3 Å². The number of hydrogen-bond donors (Lipinski definition) is 1. The molecule has 6 nitrogen and oxygen atoms in total. The number of halogens is 3. The minimum atomic E-state index is -5.08. The van der Waals surface area contributed by atoms with Crippen LogP contribution in [0.2, 0.25) is 0 Å². The second-order valence-electron chi connectivity index (χ2n) is 6.60. The Hall–Kier alpha value is -1.58. The lowest BCUT2D eigenvalue weighted by Crippen LogP contribution is -2.54. The quantitative estimate of drug-likeness (QED) is 0.867. The number of aliphatic carboxylic acids is 1. The maximum absolute atomic E-state index is 10.6. The fourth-order valence-corrected chi connectivity index (χ4v) is 3.61. The highest BCUT2D eigenvalue weighted by atomic mass is 19.4. The molecule has 1 saturated carbocycles. The number of nitrogens with zero attached hydrogens (tertiary/aromatic N) is 1. The second-order valence-corrected chi connectivity index (χ2v) is 6.60. The van der Waals surface area contributed by atoms with E-state index in [0.717, 1.165) is 32.8 Å². The Labute approximate surface area is 149 Å². The first-order valence-electron chi connectivity index (χ1n) is 8.43. The number of rotatable bonds is 4. The van der Waals surface area contributed by atoms with Gasteiger partial charge in [-0.15, -0.1) is 0 Å². The van der Waals surface area contributed by atoms with E-state index in [-0.39, 0.29) is 5.60 Å². The van der Waals surface area contributed by atoms with Crippen molar-refractivity contribution in [2.75, 3.05) is 33.4 Å². The Bertz CT molecular complexity index is 563. The average Bonchev–Trinajstić information content (AvgIpc) is 3.19. The summed E-state index contributed by atoms with van der Waals surface area (Å²) in [6.07, 6.45) is 2.15. The molecule has 0 radical (unpaired) electrons. The third-order valence-corrected chi connectivity index (χ3v) is 4.78. The summed E-state index contributed by atoms with van der Waals surface area (Å²) in [7, 11) is 1.79. The van der Waals surface area contributed by atoms with E-state index in [1.807, 2.05) is 12.3 Å². The number of carboxylic acid groups (broad SMARTS) is 1. The summed E-state index contributed by atoms with van der Waals surface area (Å²) in [6, 6.07) is 2.05. The fourth-order valence-electron chi connectivity index (χ4n) is 3.61. The number of carboxylic acids is 1. The zero-order chi connectivity index (χ0) is 19.2. The minimum absolute atomic E-state index is 0.0258. The molecule has 2 atom stereocenters. The van der Waals surface area contributed by atoms with Gasteiger partial charge in [-0.05, 0) is 18.9 Å². The van der Waals surface area contributed by atoms with Crippen molar-refractivity contribution in [3.63, 3.8) is 0 Å². The Morgan fingerprint density at radius 2 is 2.23 bits per heavy atom. The van der Waals surface area contributed by atoms with Gasteiger partial charge in [0.1, 0.15) is 0 Å². The topological polar surface area (TPSA) is 72.1 Å². The lowest BCUT2D eigenvalue weighted by atomic mass is 9.89. The van der Waals surface area contributed by atoms with Crippen LogP contribution in [0, 0.1) is 5.92 Å². The molecule has 0 aromatic carbocycles. The normalized spacial score (nSPS) is 26.5. The van der Waals surface area contributed by atoms with Gasteiger partial charge in [-0.1, -0.05) is 6.42 Å². The van der Waals surface area contributed by atoms with Crippen molar-refractivity contribution < 1.29 is 37.0 Å². The minimum Gasteiger partial charge on any atom is -0.475 e. The van der Waals surface area contributed by atoms with Crippen LogP contribution in [0.1, 0.15) is 24.8 Å². The highest BCUT2D eigenvalue weighted by Crippen LogP contribution is 2.41. The summed E-state index contributed by atoms with van der Waals surface area (Å²) in [5, 5.41) is 7.12. The van der Waals surface area contributed by atoms with Gasteiger partial charge in [0.15, 0.2) is 0 Å². The summed E-state index contributed by atoms with van der Waals surface area (Å²) in [4.78, 5) is 11.4. The predicted molar refractivity (Wildman–Crippen MR) is 85.6 cm³/mol. The smallest absolute Gasteiger partial charge is 0.475 e. The van der Waals surface area contributed by atoms with Crippen molar-refractivity contribution in [1.82, 2.24) is 4.90 Å². The number of alkyl halides is 3. The van der Waals surface area contributed by atoms with E-state index in [9.17, 15) is 13.2 Å². The molecule has 1 aromatic heterocycles. The number of ether oxygens (including phenoxy) is 2. The SMILES string of the molecule is COC[C@@H]1CCC[C@@]12CN(Cc1ccoc1)CCO2.O=C(O)C(F)(F)F. The first kappa shape index (κ1) is 20.7. The van der Waals surface area contributed by atoms with E-state index < -0.39 is 12.1 Å². The van der Waals surface area contributed by atoms with Crippen LogP contribution in [0.25, 0.3) is 0 Å². The molecule has 2 heterocycles. The number of furan rings is 1. The number of carbonyl (C=O) groups is 1. The van der Waals surface area contributed by atoms with Crippen LogP contribution in [0.4, 0.5) is 13.2 Å². The monoisotopic (exact) mass is 379 g/mol. The van der Waals surface area contributed by atoms with Crippen LogP contribution >= 0.6 is 0 Å².